The van der Waals surface area contributed by atoms with E-state index < -0.39 is 5.97 Å². The van der Waals surface area contributed by atoms with Crippen LogP contribution in [0.2, 0.25) is 0 Å². The smallest absolute Gasteiger partial charge is 0.339 e. The Morgan fingerprint density at radius 1 is 0.806 bits per heavy atom. The fourth-order valence-corrected chi connectivity index (χ4v) is 4.43. The predicted octanol–water partition coefficient (Wildman–Crippen LogP) is 5.41. The maximum absolute atomic E-state index is 11.5. The Kier molecular flexibility index (Phi) is 6.12. The van der Waals surface area contributed by atoms with E-state index in [2.05, 4.69) is 12.1 Å². The van der Waals surface area contributed by atoms with Gasteiger partial charge in [0, 0.05) is 5.41 Å². The first-order valence-electron chi connectivity index (χ1n) is 10.6. The van der Waals surface area contributed by atoms with Gasteiger partial charge in [0.05, 0.1) is 0 Å². The summed E-state index contributed by atoms with van der Waals surface area (Å²) < 4.78 is 11.5. The first-order chi connectivity index (χ1) is 15.1. The molecule has 0 heterocycles. The highest BCUT2D eigenvalue weighted by Crippen LogP contribution is 2.47. The van der Waals surface area contributed by atoms with E-state index >= 15 is 0 Å². The van der Waals surface area contributed by atoms with Crippen LogP contribution in [-0.2, 0) is 5.41 Å². The molecule has 0 aromatic heterocycles. The van der Waals surface area contributed by atoms with Crippen LogP contribution >= 0.6 is 0 Å². The number of rotatable bonds is 8. The van der Waals surface area contributed by atoms with Crippen LogP contribution in [0.4, 0.5) is 0 Å². The highest BCUT2D eigenvalue weighted by molar-refractivity contribution is 5.91. The van der Waals surface area contributed by atoms with E-state index in [0.29, 0.717) is 13.2 Å². The fourth-order valence-electron chi connectivity index (χ4n) is 4.43. The standard InChI is InChI=1S/C26H26O5/c27-24-13-10-20(18-23(24)25(28)29)26(14-4-5-15-26)19-8-11-22(12-9-19)31-17-16-30-21-6-2-1-3-7-21/h1-3,6-13,18,27H,4-5,14-17H2,(H,28,29). The Morgan fingerprint density at radius 3 is 2.00 bits per heavy atom. The molecular weight excluding hydrogens is 392 g/mol. The molecule has 0 saturated heterocycles. The molecule has 160 valence electrons. The van der Waals surface area contributed by atoms with Crippen molar-refractivity contribution in [3.63, 3.8) is 0 Å². The maximum atomic E-state index is 11.5. The van der Waals surface area contributed by atoms with E-state index in [-0.39, 0.29) is 16.7 Å². The first-order valence-corrected chi connectivity index (χ1v) is 10.6. The number of ether oxygens (including phenoxy) is 2. The number of carboxylic acids is 1. The van der Waals surface area contributed by atoms with Gasteiger partial charge in [-0.3, -0.25) is 0 Å². The molecule has 4 rings (SSSR count). The van der Waals surface area contributed by atoms with Gasteiger partial charge in [0.2, 0.25) is 0 Å². The summed E-state index contributed by atoms with van der Waals surface area (Å²) >= 11 is 0. The van der Waals surface area contributed by atoms with Gasteiger partial charge in [-0.1, -0.05) is 49.2 Å². The zero-order chi connectivity index (χ0) is 21.7. The van der Waals surface area contributed by atoms with Crippen molar-refractivity contribution in [1.29, 1.82) is 0 Å². The number of carbonyl (C=O) groups is 1. The van der Waals surface area contributed by atoms with Crippen LogP contribution < -0.4 is 9.47 Å². The summed E-state index contributed by atoms with van der Waals surface area (Å²) in [6.07, 6.45) is 4.06. The lowest BCUT2D eigenvalue weighted by molar-refractivity contribution is 0.0693. The minimum atomic E-state index is -1.12. The number of benzene rings is 3. The summed E-state index contributed by atoms with van der Waals surface area (Å²) in [6.45, 7) is 0.903. The second-order valence-corrected chi connectivity index (χ2v) is 7.86. The zero-order valence-corrected chi connectivity index (χ0v) is 17.3. The molecule has 3 aromatic carbocycles. The van der Waals surface area contributed by atoms with Gasteiger partial charge in [0.15, 0.2) is 0 Å². The molecule has 5 nitrogen and oxygen atoms in total. The predicted molar refractivity (Wildman–Crippen MR) is 118 cm³/mol. The Hall–Kier alpha value is -3.47. The van der Waals surface area contributed by atoms with E-state index in [1.165, 1.54) is 6.07 Å². The average molecular weight is 418 g/mol. The van der Waals surface area contributed by atoms with Gasteiger partial charge >= 0.3 is 5.97 Å². The third kappa shape index (κ3) is 4.50. The van der Waals surface area contributed by atoms with Crippen LogP contribution in [0.15, 0.2) is 72.8 Å². The molecule has 1 aliphatic rings. The SMILES string of the molecule is O=C(O)c1cc(C2(c3ccc(OCCOc4ccccc4)cc3)CCCC2)ccc1O. The molecule has 5 heteroatoms. The van der Waals surface area contributed by atoms with Gasteiger partial charge in [-0.25, -0.2) is 4.79 Å². The molecule has 0 spiro atoms. The third-order valence-electron chi connectivity index (χ3n) is 6.01. The monoisotopic (exact) mass is 418 g/mol. The molecule has 3 aromatic rings. The van der Waals surface area contributed by atoms with Crippen molar-refractivity contribution >= 4 is 5.97 Å². The molecular formula is C26H26O5. The van der Waals surface area contributed by atoms with Crippen molar-refractivity contribution in [2.24, 2.45) is 0 Å². The molecule has 0 bridgehead atoms. The van der Waals surface area contributed by atoms with E-state index in [4.69, 9.17) is 9.47 Å². The van der Waals surface area contributed by atoms with E-state index in [0.717, 1.165) is 48.3 Å². The normalized spacial score (nSPS) is 14.8. The molecule has 0 atom stereocenters. The van der Waals surface area contributed by atoms with Crippen molar-refractivity contribution in [3.05, 3.63) is 89.5 Å². The second kappa shape index (κ2) is 9.13. The molecule has 1 aliphatic carbocycles. The topological polar surface area (TPSA) is 76.0 Å². The van der Waals surface area contributed by atoms with Crippen molar-refractivity contribution in [3.8, 4) is 17.2 Å². The quantitative estimate of drug-likeness (QED) is 0.479. The van der Waals surface area contributed by atoms with Crippen LogP contribution in [0, 0.1) is 0 Å². The van der Waals surface area contributed by atoms with E-state index in [9.17, 15) is 15.0 Å². The number of hydrogen-bond acceptors (Lipinski definition) is 4. The fraction of sp³-hybridized carbons (Fsp3) is 0.269. The summed E-state index contributed by atoms with van der Waals surface area (Å²) in [6, 6.07) is 22.6. The zero-order valence-electron chi connectivity index (χ0n) is 17.3. The largest absolute Gasteiger partial charge is 0.507 e. The van der Waals surface area contributed by atoms with Crippen LogP contribution in [0.1, 0.15) is 47.2 Å². The lowest BCUT2D eigenvalue weighted by Crippen LogP contribution is -2.24. The minimum absolute atomic E-state index is 0.0536. The van der Waals surface area contributed by atoms with Crippen molar-refractivity contribution < 1.29 is 24.5 Å². The Balaban J connectivity index is 1.47. The molecule has 31 heavy (non-hydrogen) atoms. The lowest BCUT2D eigenvalue weighted by atomic mass is 9.73. The number of carboxylic acid groups (broad SMARTS) is 1. The second-order valence-electron chi connectivity index (χ2n) is 7.86. The van der Waals surface area contributed by atoms with E-state index in [1.54, 1.807) is 6.07 Å². The number of para-hydroxylation sites is 1. The van der Waals surface area contributed by atoms with Gasteiger partial charge in [0.25, 0.3) is 0 Å². The number of aromatic carboxylic acids is 1. The van der Waals surface area contributed by atoms with Crippen molar-refractivity contribution in [2.45, 2.75) is 31.1 Å². The summed E-state index contributed by atoms with van der Waals surface area (Å²) in [5.41, 5.74) is 1.78. The highest BCUT2D eigenvalue weighted by atomic mass is 16.5. The van der Waals surface area contributed by atoms with Gasteiger partial charge in [0.1, 0.15) is 36.0 Å². The summed E-state index contributed by atoms with van der Waals surface area (Å²) in [4.78, 5) is 11.5. The van der Waals surface area contributed by atoms with Crippen LogP contribution in [0.5, 0.6) is 17.2 Å². The van der Waals surface area contributed by atoms with Gasteiger partial charge in [-0.2, -0.15) is 0 Å². The van der Waals surface area contributed by atoms with E-state index in [1.807, 2.05) is 48.5 Å². The highest BCUT2D eigenvalue weighted by Gasteiger charge is 2.38. The maximum Gasteiger partial charge on any atom is 0.339 e. The third-order valence-corrected chi connectivity index (χ3v) is 6.01. The molecule has 1 fully saturated rings. The lowest BCUT2D eigenvalue weighted by Gasteiger charge is -2.31. The van der Waals surface area contributed by atoms with Crippen molar-refractivity contribution in [2.75, 3.05) is 13.2 Å². The van der Waals surface area contributed by atoms with Crippen LogP contribution in [0.25, 0.3) is 0 Å². The summed E-state index contributed by atoms with van der Waals surface area (Å²) in [5.74, 6) is 0.268. The molecule has 0 aliphatic heterocycles. The van der Waals surface area contributed by atoms with Gasteiger partial charge < -0.3 is 19.7 Å². The van der Waals surface area contributed by atoms with Crippen LogP contribution in [0.3, 0.4) is 0 Å². The van der Waals surface area contributed by atoms with Gasteiger partial charge in [-0.05, 0) is 60.4 Å². The number of hydrogen-bond donors (Lipinski definition) is 2. The molecule has 0 amide bonds. The Morgan fingerprint density at radius 2 is 1.39 bits per heavy atom. The van der Waals surface area contributed by atoms with Crippen molar-refractivity contribution in [1.82, 2.24) is 0 Å². The Labute approximate surface area is 181 Å². The molecule has 2 N–H and O–H groups in total. The van der Waals surface area contributed by atoms with Gasteiger partial charge in [-0.15, -0.1) is 0 Å². The Bertz CT molecular complexity index is 1020. The summed E-state index contributed by atoms with van der Waals surface area (Å²) in [5, 5.41) is 19.3. The summed E-state index contributed by atoms with van der Waals surface area (Å²) in [7, 11) is 0. The minimum Gasteiger partial charge on any atom is -0.507 e. The van der Waals surface area contributed by atoms with Crippen LogP contribution in [-0.4, -0.2) is 29.4 Å². The molecule has 0 radical (unpaired) electrons. The number of aromatic hydroxyl groups is 1. The number of phenols is 1. The molecule has 0 unspecified atom stereocenters. The molecule has 1 saturated carbocycles. The first kappa shape index (κ1) is 20.8. The average Bonchev–Trinajstić information content (AvgIpc) is 3.29.